The first-order valence-corrected chi connectivity index (χ1v) is 6.58. The van der Waals surface area contributed by atoms with Gasteiger partial charge in [-0.05, 0) is 37.2 Å². The molecule has 19 heavy (non-hydrogen) atoms. The van der Waals surface area contributed by atoms with E-state index in [2.05, 4.69) is 5.10 Å². The third-order valence-corrected chi connectivity index (χ3v) is 3.98. The first-order chi connectivity index (χ1) is 8.86. The average Bonchev–Trinajstić information content (AvgIpc) is 2.74. The van der Waals surface area contributed by atoms with E-state index in [9.17, 15) is 18.3 Å². The van der Waals surface area contributed by atoms with Crippen LogP contribution in [0, 0.1) is 11.8 Å². The Morgan fingerprint density at radius 3 is 2.47 bits per heavy atom. The second kappa shape index (κ2) is 5.53. The van der Waals surface area contributed by atoms with Crippen LogP contribution in [0.3, 0.4) is 0 Å². The van der Waals surface area contributed by atoms with E-state index in [1.165, 1.54) is 0 Å². The Balaban J connectivity index is 1.84. The van der Waals surface area contributed by atoms with Crippen LogP contribution in [-0.4, -0.2) is 27.2 Å². The molecule has 1 fully saturated rings. The zero-order valence-corrected chi connectivity index (χ0v) is 10.9. The molecule has 0 spiro atoms. The fourth-order valence-corrected chi connectivity index (χ4v) is 2.82. The van der Waals surface area contributed by atoms with Gasteiger partial charge in [0.1, 0.15) is 0 Å². The van der Waals surface area contributed by atoms with Crippen LogP contribution < -0.4 is 0 Å². The Labute approximate surface area is 110 Å². The van der Waals surface area contributed by atoms with Crippen LogP contribution in [0.2, 0.25) is 0 Å². The van der Waals surface area contributed by atoms with Gasteiger partial charge in [-0.2, -0.15) is 18.3 Å². The number of aliphatic hydroxyl groups excluding tert-OH is 1. The molecule has 1 saturated carbocycles. The van der Waals surface area contributed by atoms with Gasteiger partial charge in [-0.1, -0.05) is 0 Å². The van der Waals surface area contributed by atoms with Crippen molar-refractivity contribution in [3.8, 4) is 0 Å². The van der Waals surface area contributed by atoms with Gasteiger partial charge in [-0.25, -0.2) is 0 Å². The lowest BCUT2D eigenvalue weighted by atomic mass is 9.78. The largest absolute Gasteiger partial charge is 0.392 e. The standard InChI is InChI=1S/C13H19F3N2O/c1-18-8-9(7-17-18)6-12(19)10-2-4-11(5-3-10)13(14,15)16/h7-8,10-12,19H,2-6H2,1H3. The van der Waals surface area contributed by atoms with Crippen molar-refractivity contribution in [1.29, 1.82) is 0 Å². The van der Waals surface area contributed by atoms with Crippen molar-refractivity contribution in [3.63, 3.8) is 0 Å². The molecule has 1 unspecified atom stereocenters. The first-order valence-electron chi connectivity index (χ1n) is 6.58. The summed E-state index contributed by atoms with van der Waals surface area (Å²) in [5.74, 6) is -1.21. The lowest BCUT2D eigenvalue weighted by Crippen LogP contribution is -2.32. The maximum absolute atomic E-state index is 12.5. The number of rotatable bonds is 3. The number of hydrogen-bond acceptors (Lipinski definition) is 2. The van der Waals surface area contributed by atoms with Gasteiger partial charge in [0.05, 0.1) is 18.2 Å². The van der Waals surface area contributed by atoms with Crippen LogP contribution >= 0.6 is 0 Å². The highest BCUT2D eigenvalue weighted by molar-refractivity contribution is 5.05. The first kappa shape index (κ1) is 14.4. The molecule has 108 valence electrons. The molecule has 0 saturated heterocycles. The van der Waals surface area contributed by atoms with Crippen molar-refractivity contribution < 1.29 is 18.3 Å². The minimum absolute atomic E-state index is 0.0289. The van der Waals surface area contributed by atoms with Crippen LogP contribution in [-0.2, 0) is 13.5 Å². The number of aryl methyl sites for hydroxylation is 1. The van der Waals surface area contributed by atoms with Crippen molar-refractivity contribution in [2.45, 2.75) is 44.4 Å². The quantitative estimate of drug-likeness (QED) is 0.921. The Hall–Kier alpha value is -1.04. The third kappa shape index (κ3) is 3.72. The number of halogens is 3. The highest BCUT2D eigenvalue weighted by Gasteiger charge is 2.42. The van der Waals surface area contributed by atoms with Gasteiger partial charge in [-0.15, -0.1) is 0 Å². The van der Waals surface area contributed by atoms with Crippen LogP contribution in [0.4, 0.5) is 13.2 Å². The number of alkyl halides is 3. The highest BCUT2D eigenvalue weighted by atomic mass is 19.4. The summed E-state index contributed by atoms with van der Waals surface area (Å²) in [4.78, 5) is 0. The maximum atomic E-state index is 12.5. The van der Waals surface area contributed by atoms with E-state index < -0.39 is 18.2 Å². The van der Waals surface area contributed by atoms with E-state index in [1.54, 1.807) is 17.9 Å². The molecule has 6 heteroatoms. The summed E-state index contributed by atoms with van der Waals surface area (Å²) in [6.07, 6.45) is 0.496. The predicted octanol–water partition coefficient (Wildman–Crippen LogP) is 2.69. The molecule has 0 aromatic carbocycles. The molecule has 1 aromatic heterocycles. The third-order valence-electron chi connectivity index (χ3n) is 3.98. The average molecular weight is 276 g/mol. The Morgan fingerprint density at radius 1 is 1.37 bits per heavy atom. The van der Waals surface area contributed by atoms with Crippen molar-refractivity contribution in [2.75, 3.05) is 0 Å². The van der Waals surface area contributed by atoms with E-state index in [-0.39, 0.29) is 18.8 Å². The van der Waals surface area contributed by atoms with Gasteiger partial charge in [0, 0.05) is 19.7 Å². The SMILES string of the molecule is Cn1cc(CC(O)C2CCC(C(F)(F)F)CC2)cn1. The summed E-state index contributed by atoms with van der Waals surface area (Å²) in [5.41, 5.74) is 0.924. The second-order valence-electron chi connectivity index (χ2n) is 5.45. The van der Waals surface area contributed by atoms with Gasteiger partial charge in [0.15, 0.2) is 0 Å². The lowest BCUT2D eigenvalue weighted by Gasteiger charge is -2.32. The minimum Gasteiger partial charge on any atom is -0.392 e. The van der Waals surface area contributed by atoms with Gasteiger partial charge in [0.25, 0.3) is 0 Å². The van der Waals surface area contributed by atoms with Gasteiger partial charge in [-0.3, -0.25) is 4.68 Å². The molecule has 1 aliphatic rings. The minimum atomic E-state index is -4.08. The van der Waals surface area contributed by atoms with Crippen LogP contribution in [0.1, 0.15) is 31.2 Å². The summed E-state index contributed by atoms with van der Waals surface area (Å²) in [7, 11) is 1.80. The topological polar surface area (TPSA) is 38.0 Å². The van der Waals surface area contributed by atoms with E-state index in [0.717, 1.165) is 5.56 Å². The van der Waals surface area contributed by atoms with Crippen molar-refractivity contribution in [3.05, 3.63) is 18.0 Å². The molecule has 0 aliphatic heterocycles. The lowest BCUT2D eigenvalue weighted by molar-refractivity contribution is -0.185. The summed E-state index contributed by atoms with van der Waals surface area (Å²) in [6.45, 7) is 0. The van der Waals surface area contributed by atoms with E-state index in [1.807, 2.05) is 6.20 Å². The number of hydrogen-bond donors (Lipinski definition) is 1. The van der Waals surface area contributed by atoms with Gasteiger partial charge in [0.2, 0.25) is 0 Å². The van der Waals surface area contributed by atoms with E-state index in [0.29, 0.717) is 19.3 Å². The Morgan fingerprint density at radius 2 is 2.00 bits per heavy atom. The smallest absolute Gasteiger partial charge is 0.391 e. The van der Waals surface area contributed by atoms with Crippen molar-refractivity contribution in [1.82, 2.24) is 9.78 Å². The summed E-state index contributed by atoms with van der Waals surface area (Å²) in [5, 5.41) is 14.1. The number of aromatic nitrogens is 2. The molecule has 1 aliphatic carbocycles. The fraction of sp³-hybridized carbons (Fsp3) is 0.769. The normalized spacial score (nSPS) is 26.4. The highest BCUT2D eigenvalue weighted by Crippen LogP contribution is 2.40. The zero-order valence-electron chi connectivity index (χ0n) is 10.9. The molecule has 0 amide bonds. The maximum Gasteiger partial charge on any atom is 0.391 e. The monoisotopic (exact) mass is 276 g/mol. The molecule has 0 radical (unpaired) electrons. The van der Waals surface area contributed by atoms with Crippen LogP contribution in [0.5, 0.6) is 0 Å². The van der Waals surface area contributed by atoms with E-state index in [4.69, 9.17) is 0 Å². The predicted molar refractivity (Wildman–Crippen MR) is 64.4 cm³/mol. The Bertz CT molecular complexity index is 408. The molecule has 2 rings (SSSR count). The van der Waals surface area contributed by atoms with Crippen molar-refractivity contribution >= 4 is 0 Å². The van der Waals surface area contributed by atoms with Gasteiger partial charge >= 0.3 is 6.18 Å². The van der Waals surface area contributed by atoms with Crippen molar-refractivity contribution in [2.24, 2.45) is 18.9 Å². The molecule has 1 aromatic rings. The molecule has 0 bridgehead atoms. The summed E-state index contributed by atoms with van der Waals surface area (Å²) >= 11 is 0. The molecular weight excluding hydrogens is 257 g/mol. The van der Waals surface area contributed by atoms with Crippen LogP contribution in [0.25, 0.3) is 0 Å². The van der Waals surface area contributed by atoms with Gasteiger partial charge < -0.3 is 5.11 Å². The second-order valence-corrected chi connectivity index (χ2v) is 5.45. The fourth-order valence-electron chi connectivity index (χ4n) is 2.82. The molecule has 1 heterocycles. The number of nitrogens with zero attached hydrogens (tertiary/aromatic N) is 2. The summed E-state index contributed by atoms with van der Waals surface area (Å²) < 4.78 is 39.3. The molecular formula is C13H19F3N2O. The number of aliphatic hydroxyl groups is 1. The molecule has 1 atom stereocenters. The molecule has 3 nitrogen and oxygen atoms in total. The Kier molecular flexibility index (Phi) is 4.18. The van der Waals surface area contributed by atoms with E-state index >= 15 is 0 Å². The molecule has 1 N–H and O–H groups in total. The summed E-state index contributed by atoms with van der Waals surface area (Å²) in [6, 6.07) is 0. The van der Waals surface area contributed by atoms with Crippen LogP contribution in [0.15, 0.2) is 12.4 Å². The zero-order chi connectivity index (χ0) is 14.0.